The molecule has 2 aromatic rings. The molecular weight excluding hydrogens is 348 g/mol. The number of esters is 2. The maximum absolute atomic E-state index is 12.0. The van der Waals surface area contributed by atoms with Crippen molar-refractivity contribution in [1.82, 2.24) is 0 Å². The van der Waals surface area contributed by atoms with Crippen molar-refractivity contribution in [2.24, 2.45) is 0 Å². The number of hydrogen-bond donors (Lipinski definition) is 0. The van der Waals surface area contributed by atoms with Crippen LogP contribution in [0.1, 0.15) is 26.3 Å². The molecule has 0 fully saturated rings. The first-order valence-electron chi connectivity index (χ1n) is 6.56. The quantitative estimate of drug-likeness (QED) is 0.612. The standard InChI is InChI=1S/C17H15BrO4/c1-21-16(19)13-7-8-14(15(9-13)17(20)22-2)12-5-3-11(10-18)4-6-12/h3-9H,10H2,1-2H3. The van der Waals surface area contributed by atoms with Crippen molar-refractivity contribution in [2.75, 3.05) is 14.2 Å². The predicted molar refractivity (Wildman–Crippen MR) is 87.2 cm³/mol. The van der Waals surface area contributed by atoms with E-state index < -0.39 is 11.9 Å². The van der Waals surface area contributed by atoms with E-state index in [1.54, 1.807) is 12.1 Å². The zero-order chi connectivity index (χ0) is 16.1. The molecule has 0 heterocycles. The lowest BCUT2D eigenvalue weighted by Gasteiger charge is -2.10. The average molecular weight is 363 g/mol. The van der Waals surface area contributed by atoms with E-state index in [1.807, 2.05) is 24.3 Å². The fourth-order valence-electron chi connectivity index (χ4n) is 2.09. The van der Waals surface area contributed by atoms with E-state index in [-0.39, 0.29) is 0 Å². The van der Waals surface area contributed by atoms with Crippen LogP contribution in [0.15, 0.2) is 42.5 Å². The Morgan fingerprint density at radius 3 is 2.14 bits per heavy atom. The van der Waals surface area contributed by atoms with Gasteiger partial charge in [-0.15, -0.1) is 0 Å². The van der Waals surface area contributed by atoms with E-state index in [4.69, 9.17) is 4.74 Å². The summed E-state index contributed by atoms with van der Waals surface area (Å²) in [6.45, 7) is 0. The fraction of sp³-hybridized carbons (Fsp3) is 0.176. The third-order valence-corrected chi connectivity index (χ3v) is 3.91. The molecular formula is C17H15BrO4. The fourth-order valence-corrected chi connectivity index (χ4v) is 2.47. The predicted octanol–water partition coefficient (Wildman–Crippen LogP) is 3.82. The summed E-state index contributed by atoms with van der Waals surface area (Å²) in [5, 5.41) is 0.762. The number of ether oxygens (including phenoxy) is 2. The highest BCUT2D eigenvalue weighted by Gasteiger charge is 2.17. The van der Waals surface area contributed by atoms with Crippen LogP contribution in [0.4, 0.5) is 0 Å². The molecule has 0 saturated heterocycles. The number of rotatable bonds is 4. The van der Waals surface area contributed by atoms with Crippen LogP contribution in [0.3, 0.4) is 0 Å². The molecule has 2 rings (SSSR count). The number of methoxy groups -OCH3 is 2. The van der Waals surface area contributed by atoms with Gasteiger partial charge in [0.2, 0.25) is 0 Å². The lowest BCUT2D eigenvalue weighted by Crippen LogP contribution is -2.08. The minimum absolute atomic E-state index is 0.309. The summed E-state index contributed by atoms with van der Waals surface area (Å²) >= 11 is 3.40. The Morgan fingerprint density at radius 2 is 1.59 bits per heavy atom. The molecule has 0 amide bonds. The van der Waals surface area contributed by atoms with Gasteiger partial charge < -0.3 is 9.47 Å². The van der Waals surface area contributed by atoms with Crippen molar-refractivity contribution in [1.29, 1.82) is 0 Å². The first-order valence-corrected chi connectivity index (χ1v) is 7.68. The highest BCUT2D eigenvalue weighted by atomic mass is 79.9. The Balaban J connectivity index is 2.53. The molecule has 0 atom stereocenters. The number of benzene rings is 2. The smallest absolute Gasteiger partial charge is 0.338 e. The Hall–Kier alpha value is -2.14. The molecule has 22 heavy (non-hydrogen) atoms. The maximum Gasteiger partial charge on any atom is 0.338 e. The van der Waals surface area contributed by atoms with Gasteiger partial charge in [0, 0.05) is 5.33 Å². The topological polar surface area (TPSA) is 52.6 Å². The molecule has 0 aliphatic rings. The normalized spacial score (nSPS) is 10.1. The van der Waals surface area contributed by atoms with Gasteiger partial charge in [0.15, 0.2) is 0 Å². The highest BCUT2D eigenvalue weighted by Crippen LogP contribution is 2.26. The van der Waals surface area contributed by atoms with Crippen LogP contribution in [0.2, 0.25) is 0 Å². The van der Waals surface area contributed by atoms with E-state index in [9.17, 15) is 9.59 Å². The van der Waals surface area contributed by atoms with Gasteiger partial charge in [-0.3, -0.25) is 0 Å². The monoisotopic (exact) mass is 362 g/mol. The molecule has 0 aromatic heterocycles. The van der Waals surface area contributed by atoms with Gasteiger partial charge in [-0.1, -0.05) is 46.3 Å². The molecule has 0 unspecified atom stereocenters. The van der Waals surface area contributed by atoms with Crippen LogP contribution in [0.5, 0.6) is 0 Å². The van der Waals surface area contributed by atoms with Crippen molar-refractivity contribution < 1.29 is 19.1 Å². The Labute approximate surface area is 137 Å². The summed E-state index contributed by atoms with van der Waals surface area (Å²) in [5.74, 6) is -0.989. The number of carbonyl (C=O) groups is 2. The van der Waals surface area contributed by atoms with E-state index in [0.717, 1.165) is 16.5 Å². The van der Waals surface area contributed by atoms with Crippen molar-refractivity contribution in [3.63, 3.8) is 0 Å². The number of alkyl halides is 1. The largest absolute Gasteiger partial charge is 0.465 e. The van der Waals surface area contributed by atoms with E-state index in [2.05, 4.69) is 20.7 Å². The molecule has 2 aromatic carbocycles. The van der Waals surface area contributed by atoms with Gasteiger partial charge in [-0.05, 0) is 28.8 Å². The van der Waals surface area contributed by atoms with Gasteiger partial charge in [0.25, 0.3) is 0 Å². The lowest BCUT2D eigenvalue weighted by atomic mass is 9.97. The summed E-state index contributed by atoms with van der Waals surface area (Å²) in [4.78, 5) is 23.6. The molecule has 0 saturated carbocycles. The first-order chi connectivity index (χ1) is 10.6. The molecule has 114 valence electrons. The second-order valence-corrected chi connectivity index (χ2v) is 5.13. The number of carbonyl (C=O) groups excluding carboxylic acids is 2. The minimum Gasteiger partial charge on any atom is -0.465 e. The Kier molecular flexibility index (Phi) is 5.33. The first kappa shape index (κ1) is 16.2. The van der Waals surface area contributed by atoms with Crippen LogP contribution in [-0.2, 0) is 14.8 Å². The minimum atomic E-state index is -0.495. The van der Waals surface area contributed by atoms with Crippen LogP contribution in [0, 0.1) is 0 Å². The molecule has 0 N–H and O–H groups in total. The van der Waals surface area contributed by atoms with Gasteiger partial charge in [0.1, 0.15) is 0 Å². The van der Waals surface area contributed by atoms with Gasteiger partial charge in [0.05, 0.1) is 25.3 Å². The second-order valence-electron chi connectivity index (χ2n) is 4.57. The molecule has 4 nitrogen and oxygen atoms in total. The molecule has 0 aliphatic carbocycles. The number of hydrogen-bond acceptors (Lipinski definition) is 4. The zero-order valence-corrected chi connectivity index (χ0v) is 13.8. The average Bonchev–Trinajstić information content (AvgIpc) is 2.59. The third kappa shape index (κ3) is 3.36. The SMILES string of the molecule is COC(=O)c1ccc(-c2ccc(CBr)cc2)c(C(=O)OC)c1. The van der Waals surface area contributed by atoms with E-state index in [1.165, 1.54) is 20.3 Å². The van der Waals surface area contributed by atoms with Crippen molar-refractivity contribution in [2.45, 2.75) is 5.33 Å². The molecule has 5 heteroatoms. The van der Waals surface area contributed by atoms with Gasteiger partial charge in [-0.2, -0.15) is 0 Å². The second kappa shape index (κ2) is 7.22. The van der Waals surface area contributed by atoms with Crippen molar-refractivity contribution in [3.05, 3.63) is 59.2 Å². The molecule has 0 radical (unpaired) electrons. The van der Waals surface area contributed by atoms with Crippen LogP contribution >= 0.6 is 15.9 Å². The Morgan fingerprint density at radius 1 is 0.955 bits per heavy atom. The summed E-state index contributed by atoms with van der Waals surface area (Å²) in [6.07, 6.45) is 0. The lowest BCUT2D eigenvalue weighted by molar-refractivity contribution is 0.0600. The summed E-state index contributed by atoms with van der Waals surface area (Å²) < 4.78 is 9.50. The zero-order valence-electron chi connectivity index (χ0n) is 12.3. The van der Waals surface area contributed by atoms with Crippen LogP contribution in [-0.4, -0.2) is 26.2 Å². The van der Waals surface area contributed by atoms with Gasteiger partial charge in [-0.25, -0.2) is 9.59 Å². The molecule has 0 bridgehead atoms. The molecule has 0 spiro atoms. The van der Waals surface area contributed by atoms with Crippen LogP contribution in [0.25, 0.3) is 11.1 Å². The summed E-state index contributed by atoms with van der Waals surface area (Å²) in [6, 6.07) is 12.6. The summed E-state index contributed by atoms with van der Waals surface area (Å²) in [7, 11) is 2.61. The van der Waals surface area contributed by atoms with E-state index >= 15 is 0 Å². The van der Waals surface area contributed by atoms with Gasteiger partial charge >= 0.3 is 11.9 Å². The molecule has 0 aliphatic heterocycles. The summed E-state index contributed by atoms with van der Waals surface area (Å²) in [5.41, 5.74) is 3.36. The highest BCUT2D eigenvalue weighted by molar-refractivity contribution is 9.08. The third-order valence-electron chi connectivity index (χ3n) is 3.27. The Bertz CT molecular complexity index is 692. The van der Waals surface area contributed by atoms with E-state index in [0.29, 0.717) is 16.7 Å². The van der Waals surface area contributed by atoms with Crippen molar-refractivity contribution >= 4 is 27.9 Å². The number of halogens is 1. The van der Waals surface area contributed by atoms with Crippen LogP contribution < -0.4 is 0 Å². The van der Waals surface area contributed by atoms with Crippen molar-refractivity contribution in [3.8, 4) is 11.1 Å². The maximum atomic E-state index is 12.0.